The summed E-state index contributed by atoms with van der Waals surface area (Å²) >= 11 is 12.3. The summed E-state index contributed by atoms with van der Waals surface area (Å²) in [4.78, 5) is 52.3. The van der Waals surface area contributed by atoms with Crippen molar-refractivity contribution in [3.8, 4) is 56.4 Å². The average Bonchev–Trinajstić information content (AvgIpc) is 0.714. The van der Waals surface area contributed by atoms with Crippen LogP contribution in [0, 0.1) is 24.7 Å². The predicted octanol–water partition coefficient (Wildman–Crippen LogP) is 22.2. The van der Waals surface area contributed by atoms with Gasteiger partial charge in [0.1, 0.15) is 32.8 Å². The Morgan fingerprint density at radius 2 is 0.702 bits per heavy atom. The molecule has 0 unspecified atom stereocenters. The van der Waals surface area contributed by atoms with E-state index in [0.717, 1.165) is 48.0 Å². The molecule has 0 aromatic heterocycles. The first-order chi connectivity index (χ1) is 56.5. The number of halogens is 8. The first kappa shape index (κ1) is 90.5. The topological polar surface area (TPSA) is 282 Å². The minimum atomic E-state index is -5.88. The molecule has 0 radical (unpaired) electrons. The molecule has 2 N–H and O–H groups in total. The molecule has 12 aromatic rings. The van der Waals surface area contributed by atoms with Crippen molar-refractivity contribution >= 4 is 86.8 Å². The highest BCUT2D eigenvalue weighted by Crippen LogP contribution is 2.57. The van der Waals surface area contributed by atoms with E-state index in [1.807, 2.05) is 48.5 Å². The number of ketones is 4. The third-order valence-corrected chi connectivity index (χ3v) is 23.7. The van der Waals surface area contributed by atoms with Crippen molar-refractivity contribution in [2.75, 3.05) is 13.2 Å². The van der Waals surface area contributed by atoms with Gasteiger partial charge in [-0.25, -0.2) is 0 Å². The summed E-state index contributed by atoms with van der Waals surface area (Å²) in [6.45, 7) is 14.5. The Hall–Kier alpha value is -11.3. The van der Waals surface area contributed by atoms with Crippen LogP contribution < -0.4 is 9.47 Å². The Balaban J connectivity index is 0.000000300. The fourth-order valence-electron chi connectivity index (χ4n) is 12.5. The molecule has 0 heterocycles. The van der Waals surface area contributed by atoms with Crippen LogP contribution in [0.15, 0.2) is 287 Å². The van der Waals surface area contributed by atoms with Gasteiger partial charge in [-0.15, -0.1) is 0 Å². The van der Waals surface area contributed by atoms with Crippen molar-refractivity contribution in [3.05, 3.63) is 344 Å². The van der Waals surface area contributed by atoms with E-state index < -0.39 is 102 Å². The van der Waals surface area contributed by atoms with Gasteiger partial charge in [-0.05, 0) is 197 Å². The van der Waals surface area contributed by atoms with E-state index in [0.29, 0.717) is 62.7 Å². The van der Waals surface area contributed by atoms with Crippen LogP contribution in [-0.4, -0.2) is 91.5 Å². The molecule has 0 saturated carbocycles. The van der Waals surface area contributed by atoms with Crippen LogP contribution in [0.4, 0.5) is 26.3 Å². The third kappa shape index (κ3) is 21.4. The molecule has 0 spiro atoms. The maximum atomic E-state index is 15.0. The van der Waals surface area contributed by atoms with Gasteiger partial charge in [0.15, 0.2) is 23.1 Å². The minimum Gasteiger partial charge on any atom is -0.457 e. The van der Waals surface area contributed by atoms with E-state index >= 15 is 26.3 Å². The van der Waals surface area contributed by atoms with Crippen LogP contribution in [0.2, 0.25) is 10.0 Å². The van der Waals surface area contributed by atoms with Crippen molar-refractivity contribution in [1.29, 1.82) is 0 Å². The summed E-state index contributed by atoms with van der Waals surface area (Å²) in [7, 11) is -17.8. The molecule has 12 rings (SSSR count). The van der Waals surface area contributed by atoms with Crippen LogP contribution in [0.1, 0.15) is 127 Å². The van der Waals surface area contributed by atoms with Crippen LogP contribution >= 0.6 is 23.2 Å². The summed E-state index contributed by atoms with van der Waals surface area (Å²) in [5.74, 6) is -1.66. The molecule has 12 aromatic carbocycles. The van der Waals surface area contributed by atoms with Gasteiger partial charge in [0, 0.05) is 60.7 Å². The second-order valence-corrected chi connectivity index (χ2v) is 37.3. The molecule has 30 heteroatoms. The highest BCUT2D eigenvalue weighted by Gasteiger charge is 2.72. The Kier molecular flexibility index (Phi) is 26.5. The number of rotatable bonds is 25. The van der Waals surface area contributed by atoms with Crippen LogP contribution in [0.3, 0.4) is 0 Å². The van der Waals surface area contributed by atoms with Gasteiger partial charge in [-0.3, -0.25) is 36.6 Å². The van der Waals surface area contributed by atoms with E-state index in [9.17, 15) is 62.0 Å². The average molecular weight is 1770 g/mol. The van der Waals surface area contributed by atoms with Gasteiger partial charge >= 0.3 is 12.4 Å². The van der Waals surface area contributed by atoms with Crippen molar-refractivity contribution < 1.29 is 106 Å². The summed E-state index contributed by atoms with van der Waals surface area (Å²) < 4.78 is 232. The van der Waals surface area contributed by atoms with E-state index in [1.54, 1.807) is 73.7 Å². The number of benzene rings is 12. The van der Waals surface area contributed by atoms with E-state index in [-0.39, 0.29) is 112 Å². The summed E-state index contributed by atoms with van der Waals surface area (Å²) in [5.41, 5.74) is -2.61. The molecule has 0 aliphatic rings. The Bertz CT molecular complexity index is 6410. The second-order valence-electron chi connectivity index (χ2n) is 30.4. The fraction of sp³-hybridized carbons (Fsp3) is 0.165. The van der Waals surface area contributed by atoms with Crippen molar-refractivity contribution in [1.82, 2.24) is 0 Å². The lowest BCUT2D eigenvalue weighted by atomic mass is 9.73. The lowest BCUT2D eigenvalue weighted by Crippen LogP contribution is -2.54. The molecular formula is C91H74Cl2F6O18S4. The monoisotopic (exact) mass is 1770 g/mol. The van der Waals surface area contributed by atoms with Crippen LogP contribution in [-0.2, 0) is 54.3 Å². The zero-order chi connectivity index (χ0) is 88.3. The number of hydrogen-bond acceptors (Lipinski definition) is 16. The Labute approximate surface area is 705 Å². The van der Waals surface area contributed by atoms with E-state index in [1.165, 1.54) is 133 Å². The first-order valence-corrected chi connectivity index (χ1v) is 43.0. The number of aryl methyl sites for hydroxylation is 2. The SMILES string of the molecule is CC(C)(C)COS(=O)(=O)c1ccc(-c2ccc(C(=O)c3cc(Cl)ccc3Cl)cc2S(=O)(=O)OCC(C)(C)C)cc1.Cc1ccc(C(=O)c2ccc(Oc3ccc(C(c4ccc(Oc5ccc(C(=O)c6ccc(-c7ccc(C)c(C(=O)c8ccc(-c9ccc(S(=O)(=O)O)cc9)c(S(=O)(=O)O)c8)c7)cc6)cc5)cc4)(C(F)(F)F)C(F)(F)F)cc3)cc2)cc1. The fourth-order valence-corrected chi connectivity index (χ4v) is 16.6. The van der Waals surface area contributed by atoms with Gasteiger partial charge < -0.3 is 9.47 Å². The molecule has 18 nitrogen and oxygen atoms in total. The van der Waals surface area contributed by atoms with Gasteiger partial charge in [-0.1, -0.05) is 204 Å². The summed E-state index contributed by atoms with van der Waals surface area (Å²) in [5, 5.41) is 0.463. The molecule has 0 fully saturated rings. The van der Waals surface area contributed by atoms with E-state index in [4.69, 9.17) is 41.0 Å². The molecule has 0 aliphatic carbocycles. The van der Waals surface area contributed by atoms with Crippen molar-refractivity contribution in [2.45, 2.75) is 92.7 Å². The Morgan fingerprint density at radius 3 is 1.12 bits per heavy atom. The lowest BCUT2D eigenvalue weighted by molar-refractivity contribution is -0.288. The molecule has 0 atom stereocenters. The molecule has 626 valence electrons. The summed E-state index contributed by atoms with van der Waals surface area (Å²) in [6.07, 6.45) is -11.8. The maximum Gasteiger partial charge on any atom is 0.411 e. The number of carbonyl (C=O) groups is 4. The first-order valence-electron chi connectivity index (χ1n) is 36.6. The van der Waals surface area contributed by atoms with Gasteiger partial charge in [0.2, 0.25) is 5.41 Å². The number of ether oxygens (including phenoxy) is 2. The minimum absolute atomic E-state index is 0.00325. The smallest absolute Gasteiger partial charge is 0.411 e. The molecule has 0 bridgehead atoms. The quantitative estimate of drug-likeness (QED) is 0.0233. The zero-order valence-electron chi connectivity index (χ0n) is 65.4. The van der Waals surface area contributed by atoms with Crippen LogP contribution in [0.25, 0.3) is 33.4 Å². The summed E-state index contributed by atoms with van der Waals surface area (Å²) in [6, 6.07) is 58.9. The van der Waals surface area contributed by atoms with Gasteiger partial charge in [-0.2, -0.15) is 60.0 Å². The molecule has 0 aliphatic heterocycles. The molecular weight excluding hydrogens is 1690 g/mol. The lowest BCUT2D eigenvalue weighted by Gasteiger charge is -2.38. The number of alkyl halides is 6. The number of carbonyl (C=O) groups excluding carboxylic acids is 4. The Morgan fingerprint density at radius 1 is 0.347 bits per heavy atom. The largest absolute Gasteiger partial charge is 0.457 e. The standard InChI is InChI=1S/C62H42F6O11S2.C29H32Cl2O7S2/c1-37-3-6-41(7-4-37)57(69)43-13-24-49(25-14-43)78-51-28-20-47(21-29-51)60(61(63,64)65,62(66,67)68)48-22-30-52(31-23-48)79-50-26-15-44(16-27-50)58(70)42-11-9-39(10-12-42)45-8-5-38(2)55(35-45)59(71)46-19-34-54(56(36-46)81(75,76)77)40-17-32-53(33-18-40)80(72,73)74;1-28(2,3)17-37-39(33,34)22-11-7-19(8-12-22)23-13-9-20(27(32)24-16-21(30)10-14-25(24)31)15-26(23)40(35,36)38-18-29(4,5)6/h3-36H,1-2H3,(H,72,73,74)(H,75,76,77);7-16H,17-18H2,1-6H3. The number of hydrogen-bond donors (Lipinski definition) is 2. The third-order valence-electron chi connectivity index (χ3n) is 18.8. The molecule has 121 heavy (non-hydrogen) atoms. The van der Waals surface area contributed by atoms with Crippen LogP contribution in [0.5, 0.6) is 23.0 Å². The highest BCUT2D eigenvalue weighted by molar-refractivity contribution is 7.87. The predicted molar refractivity (Wildman–Crippen MR) is 445 cm³/mol. The van der Waals surface area contributed by atoms with E-state index in [2.05, 4.69) is 0 Å². The molecule has 0 saturated heterocycles. The zero-order valence-corrected chi connectivity index (χ0v) is 70.2. The van der Waals surface area contributed by atoms with Crippen molar-refractivity contribution in [2.24, 2.45) is 10.8 Å². The van der Waals surface area contributed by atoms with Gasteiger partial charge in [0.05, 0.1) is 28.0 Å². The maximum absolute atomic E-state index is 15.0. The highest BCUT2D eigenvalue weighted by atomic mass is 35.5. The van der Waals surface area contributed by atoms with Crippen molar-refractivity contribution in [3.63, 3.8) is 0 Å². The van der Waals surface area contributed by atoms with Gasteiger partial charge in [0.25, 0.3) is 40.5 Å². The molecule has 0 amide bonds. The second kappa shape index (κ2) is 35.4. The normalized spacial score (nSPS) is 12.4.